The van der Waals surface area contributed by atoms with E-state index in [-0.39, 0.29) is 25.5 Å². The van der Waals surface area contributed by atoms with Gasteiger partial charge in [-0.25, -0.2) is 0 Å². The molecule has 0 atom stereocenters. The minimum Gasteiger partial charge on any atom is -0.481 e. The SMILES string of the molecule is CC1=NN=C(c2ccc(NC(=O)CCCC(=O)O)cc2)c2cc3c(cc2C1)OCO3. The topological polar surface area (TPSA) is 110 Å². The number of hydrogen-bond donors (Lipinski definition) is 2. The Morgan fingerprint density at radius 1 is 1.07 bits per heavy atom. The smallest absolute Gasteiger partial charge is 0.303 e. The summed E-state index contributed by atoms with van der Waals surface area (Å²) in [5, 5.41) is 20.2. The van der Waals surface area contributed by atoms with Gasteiger partial charge in [-0.05, 0) is 43.2 Å². The molecular formula is C22H21N3O5. The molecule has 0 saturated heterocycles. The van der Waals surface area contributed by atoms with E-state index in [4.69, 9.17) is 14.6 Å². The Balaban J connectivity index is 1.54. The van der Waals surface area contributed by atoms with Crippen LogP contribution in [0.1, 0.15) is 42.9 Å². The number of carboxylic acids is 1. The van der Waals surface area contributed by atoms with Gasteiger partial charge in [0, 0.05) is 41.8 Å². The number of anilines is 1. The van der Waals surface area contributed by atoms with E-state index in [1.165, 1.54) is 0 Å². The first kappa shape index (κ1) is 19.6. The fourth-order valence-corrected chi connectivity index (χ4v) is 3.40. The lowest BCUT2D eigenvalue weighted by Gasteiger charge is -2.12. The van der Waals surface area contributed by atoms with Crippen molar-refractivity contribution in [2.24, 2.45) is 10.2 Å². The molecule has 0 unspecified atom stereocenters. The maximum atomic E-state index is 12.0. The molecule has 0 aromatic heterocycles. The lowest BCUT2D eigenvalue weighted by atomic mass is 9.94. The third kappa shape index (κ3) is 4.32. The summed E-state index contributed by atoms with van der Waals surface area (Å²) in [5.41, 5.74) is 5.11. The molecule has 2 N–H and O–H groups in total. The van der Waals surface area contributed by atoms with E-state index in [2.05, 4.69) is 15.5 Å². The van der Waals surface area contributed by atoms with Crippen molar-refractivity contribution in [2.45, 2.75) is 32.6 Å². The summed E-state index contributed by atoms with van der Waals surface area (Å²) >= 11 is 0. The van der Waals surface area contributed by atoms with Gasteiger partial charge < -0.3 is 19.9 Å². The predicted molar refractivity (Wildman–Crippen MR) is 112 cm³/mol. The van der Waals surface area contributed by atoms with Gasteiger partial charge in [0.15, 0.2) is 11.5 Å². The molecule has 1 amide bonds. The zero-order chi connectivity index (χ0) is 21.1. The van der Waals surface area contributed by atoms with Crippen LogP contribution in [-0.2, 0) is 16.0 Å². The molecule has 0 radical (unpaired) electrons. The molecular weight excluding hydrogens is 386 g/mol. The number of carbonyl (C=O) groups excluding carboxylic acids is 1. The fraction of sp³-hybridized carbons (Fsp3) is 0.273. The summed E-state index contributed by atoms with van der Waals surface area (Å²) in [4.78, 5) is 22.5. The van der Waals surface area contributed by atoms with Gasteiger partial charge in [0.1, 0.15) is 5.71 Å². The average molecular weight is 407 g/mol. The van der Waals surface area contributed by atoms with Crippen LogP contribution in [0.25, 0.3) is 0 Å². The van der Waals surface area contributed by atoms with Gasteiger partial charge in [0.05, 0.1) is 0 Å². The van der Waals surface area contributed by atoms with Crippen LogP contribution in [-0.4, -0.2) is 35.2 Å². The number of carboxylic acid groups (broad SMARTS) is 1. The van der Waals surface area contributed by atoms with E-state index in [9.17, 15) is 9.59 Å². The molecule has 0 fully saturated rings. The molecule has 30 heavy (non-hydrogen) atoms. The molecule has 0 aliphatic carbocycles. The van der Waals surface area contributed by atoms with E-state index in [1.807, 2.05) is 31.2 Å². The van der Waals surface area contributed by atoms with Crippen LogP contribution in [0.15, 0.2) is 46.6 Å². The van der Waals surface area contributed by atoms with Gasteiger partial charge in [-0.1, -0.05) is 12.1 Å². The Kier molecular flexibility index (Phi) is 5.47. The van der Waals surface area contributed by atoms with E-state index in [0.29, 0.717) is 24.3 Å². The minimum absolute atomic E-state index is 0.0238. The van der Waals surface area contributed by atoms with Crippen molar-refractivity contribution in [1.29, 1.82) is 0 Å². The van der Waals surface area contributed by atoms with Gasteiger partial charge >= 0.3 is 5.97 Å². The second-order valence-electron chi connectivity index (χ2n) is 7.20. The van der Waals surface area contributed by atoms with Crippen molar-refractivity contribution in [3.8, 4) is 11.5 Å². The average Bonchev–Trinajstić information content (AvgIpc) is 3.09. The van der Waals surface area contributed by atoms with Gasteiger partial charge in [-0.2, -0.15) is 5.10 Å². The number of amides is 1. The summed E-state index contributed by atoms with van der Waals surface area (Å²) in [6.07, 6.45) is 1.11. The zero-order valence-corrected chi connectivity index (χ0v) is 16.5. The molecule has 2 aliphatic rings. The predicted octanol–water partition coefficient (Wildman–Crippen LogP) is 3.38. The highest BCUT2D eigenvalue weighted by atomic mass is 16.7. The normalized spacial score (nSPS) is 14.3. The summed E-state index contributed by atoms with van der Waals surface area (Å²) in [6.45, 7) is 2.14. The zero-order valence-electron chi connectivity index (χ0n) is 16.5. The van der Waals surface area contributed by atoms with Crippen molar-refractivity contribution in [3.63, 3.8) is 0 Å². The molecule has 2 aliphatic heterocycles. The van der Waals surface area contributed by atoms with Crippen LogP contribution in [0.4, 0.5) is 5.69 Å². The molecule has 2 aromatic carbocycles. The van der Waals surface area contributed by atoms with Crippen molar-refractivity contribution >= 4 is 29.0 Å². The number of rotatable bonds is 6. The Hall–Kier alpha value is -3.68. The van der Waals surface area contributed by atoms with Crippen molar-refractivity contribution in [2.75, 3.05) is 12.1 Å². The van der Waals surface area contributed by atoms with Crippen molar-refractivity contribution in [3.05, 3.63) is 53.1 Å². The van der Waals surface area contributed by atoms with Gasteiger partial charge in [0.25, 0.3) is 0 Å². The molecule has 4 rings (SSSR count). The van der Waals surface area contributed by atoms with Crippen LogP contribution < -0.4 is 14.8 Å². The molecule has 8 nitrogen and oxygen atoms in total. The Labute approximate surface area is 173 Å². The first-order valence-electron chi connectivity index (χ1n) is 9.65. The van der Waals surface area contributed by atoms with Crippen LogP contribution in [0.3, 0.4) is 0 Å². The standard InChI is InChI=1S/C22H21N3O5/c1-13-9-15-10-18-19(30-12-29-18)11-17(15)22(25-24-13)14-5-7-16(8-6-14)23-20(26)3-2-4-21(27)28/h5-8,10-11H,2-4,9,12H2,1H3,(H,23,26)(H,27,28). The molecule has 0 saturated carbocycles. The Morgan fingerprint density at radius 3 is 2.53 bits per heavy atom. The Bertz CT molecular complexity index is 1060. The lowest BCUT2D eigenvalue weighted by molar-refractivity contribution is -0.137. The third-order valence-electron chi connectivity index (χ3n) is 4.86. The Morgan fingerprint density at radius 2 is 1.80 bits per heavy atom. The molecule has 0 spiro atoms. The van der Waals surface area contributed by atoms with Gasteiger partial charge in [-0.15, -0.1) is 5.10 Å². The highest BCUT2D eigenvalue weighted by Gasteiger charge is 2.22. The number of nitrogens with zero attached hydrogens (tertiary/aromatic N) is 2. The van der Waals surface area contributed by atoms with Crippen LogP contribution in [0.2, 0.25) is 0 Å². The van der Waals surface area contributed by atoms with E-state index in [1.54, 1.807) is 12.1 Å². The third-order valence-corrected chi connectivity index (χ3v) is 4.86. The number of carbonyl (C=O) groups is 2. The number of ether oxygens (including phenoxy) is 2. The van der Waals surface area contributed by atoms with Crippen LogP contribution in [0, 0.1) is 0 Å². The van der Waals surface area contributed by atoms with Crippen LogP contribution >= 0.6 is 0 Å². The molecule has 0 bridgehead atoms. The number of benzene rings is 2. The minimum atomic E-state index is -0.905. The van der Waals surface area contributed by atoms with Crippen molar-refractivity contribution in [1.82, 2.24) is 0 Å². The maximum Gasteiger partial charge on any atom is 0.303 e. The first-order valence-corrected chi connectivity index (χ1v) is 9.65. The maximum absolute atomic E-state index is 12.0. The van der Waals surface area contributed by atoms with Crippen molar-refractivity contribution < 1.29 is 24.2 Å². The quantitative estimate of drug-likeness (QED) is 0.763. The highest BCUT2D eigenvalue weighted by molar-refractivity contribution is 6.15. The van der Waals surface area contributed by atoms with Gasteiger partial charge in [-0.3, -0.25) is 9.59 Å². The number of aliphatic carboxylic acids is 1. The first-order chi connectivity index (χ1) is 14.5. The largest absolute Gasteiger partial charge is 0.481 e. The monoisotopic (exact) mass is 407 g/mol. The summed E-state index contributed by atoms with van der Waals surface area (Å²) in [7, 11) is 0. The fourth-order valence-electron chi connectivity index (χ4n) is 3.40. The summed E-state index contributed by atoms with van der Waals surface area (Å²) < 4.78 is 11.0. The van der Waals surface area contributed by atoms with Gasteiger partial charge in [0.2, 0.25) is 12.7 Å². The molecule has 2 aromatic rings. The second-order valence-corrected chi connectivity index (χ2v) is 7.20. The number of nitrogens with one attached hydrogen (secondary N) is 1. The summed E-state index contributed by atoms with van der Waals surface area (Å²) in [6, 6.07) is 11.2. The van der Waals surface area contributed by atoms with E-state index < -0.39 is 5.97 Å². The van der Waals surface area contributed by atoms with Crippen LogP contribution in [0.5, 0.6) is 11.5 Å². The van der Waals surface area contributed by atoms with E-state index >= 15 is 0 Å². The molecule has 154 valence electrons. The molecule has 8 heteroatoms. The molecule has 2 heterocycles. The highest BCUT2D eigenvalue weighted by Crippen LogP contribution is 2.36. The summed E-state index contributed by atoms with van der Waals surface area (Å²) in [5.74, 6) is 0.293. The second kappa shape index (κ2) is 8.36. The number of hydrogen-bond acceptors (Lipinski definition) is 6. The van der Waals surface area contributed by atoms with E-state index in [0.717, 1.165) is 33.9 Å². The number of fused-ring (bicyclic) bond motifs is 2. The lowest BCUT2D eigenvalue weighted by Crippen LogP contribution is -2.12.